The molecule has 1 unspecified atom stereocenters. The summed E-state index contributed by atoms with van der Waals surface area (Å²) in [5.41, 5.74) is 0.999. The molecule has 0 bridgehead atoms. The van der Waals surface area contributed by atoms with Crippen LogP contribution in [0.5, 0.6) is 5.75 Å². The Morgan fingerprint density at radius 1 is 1.33 bits per heavy atom. The number of rotatable bonds is 8. The van der Waals surface area contributed by atoms with E-state index in [2.05, 4.69) is 5.32 Å². The lowest BCUT2D eigenvalue weighted by atomic mass is 10.2. The molecule has 1 aromatic carbocycles. The number of benzene rings is 1. The molecule has 1 N–H and O–H groups in total. The molecule has 21 heavy (non-hydrogen) atoms. The van der Waals surface area contributed by atoms with Crippen LogP contribution in [0.3, 0.4) is 0 Å². The Balaban J connectivity index is 3.17. The second-order valence-electron chi connectivity index (χ2n) is 5.04. The van der Waals surface area contributed by atoms with Gasteiger partial charge < -0.3 is 10.1 Å². The monoisotopic (exact) mass is 314 g/mol. The molecular weight excluding hydrogens is 288 g/mol. The minimum absolute atomic E-state index is 0.0545. The van der Waals surface area contributed by atoms with E-state index in [1.807, 2.05) is 26.8 Å². The number of nitrogens with one attached hydrogen (secondary N) is 1. The zero-order chi connectivity index (χ0) is 16.0. The maximum absolute atomic E-state index is 12.7. The molecule has 0 spiro atoms. The van der Waals surface area contributed by atoms with E-state index >= 15 is 0 Å². The zero-order valence-corrected chi connectivity index (χ0v) is 14.3. The molecule has 0 heterocycles. The summed E-state index contributed by atoms with van der Waals surface area (Å²) in [5.74, 6) is 0.389. The molecule has 0 amide bonds. The van der Waals surface area contributed by atoms with Gasteiger partial charge in [0.2, 0.25) is 10.0 Å². The van der Waals surface area contributed by atoms with Crippen LogP contribution in [0, 0.1) is 0 Å². The Morgan fingerprint density at radius 2 is 2.00 bits per heavy atom. The van der Waals surface area contributed by atoms with Crippen molar-refractivity contribution >= 4 is 10.0 Å². The summed E-state index contributed by atoms with van der Waals surface area (Å²) < 4.78 is 32.0. The van der Waals surface area contributed by atoms with Gasteiger partial charge >= 0.3 is 0 Å². The molecule has 1 rings (SSSR count). The SMILES string of the molecule is CCNCc1ccc(S(=O)(=O)N(C)C(C)CC)c(OC)c1. The van der Waals surface area contributed by atoms with Crippen molar-refractivity contribution in [2.45, 2.75) is 44.7 Å². The summed E-state index contributed by atoms with van der Waals surface area (Å²) in [6.07, 6.45) is 0.760. The van der Waals surface area contributed by atoms with Gasteiger partial charge in [-0.15, -0.1) is 0 Å². The number of nitrogens with zero attached hydrogens (tertiary/aromatic N) is 1. The lowest BCUT2D eigenvalue weighted by Gasteiger charge is -2.24. The summed E-state index contributed by atoms with van der Waals surface area (Å²) in [4.78, 5) is 0.216. The summed E-state index contributed by atoms with van der Waals surface area (Å²) in [6, 6.07) is 5.17. The Morgan fingerprint density at radius 3 is 2.52 bits per heavy atom. The van der Waals surface area contributed by atoms with Gasteiger partial charge in [0.25, 0.3) is 0 Å². The number of ether oxygens (including phenoxy) is 1. The van der Waals surface area contributed by atoms with Crippen molar-refractivity contribution in [1.82, 2.24) is 9.62 Å². The van der Waals surface area contributed by atoms with Gasteiger partial charge in [-0.2, -0.15) is 4.31 Å². The highest BCUT2D eigenvalue weighted by Gasteiger charge is 2.27. The van der Waals surface area contributed by atoms with Crippen molar-refractivity contribution in [3.63, 3.8) is 0 Å². The van der Waals surface area contributed by atoms with Crippen LogP contribution in [-0.2, 0) is 16.6 Å². The minimum atomic E-state index is -3.54. The van der Waals surface area contributed by atoms with E-state index in [0.29, 0.717) is 12.3 Å². The molecular formula is C15H26N2O3S. The van der Waals surface area contributed by atoms with Gasteiger partial charge in [-0.05, 0) is 37.6 Å². The van der Waals surface area contributed by atoms with E-state index in [1.165, 1.54) is 11.4 Å². The Kier molecular flexibility index (Phi) is 6.64. The van der Waals surface area contributed by atoms with Crippen LogP contribution >= 0.6 is 0 Å². The third kappa shape index (κ3) is 4.18. The molecule has 120 valence electrons. The molecule has 0 aliphatic carbocycles. The molecule has 1 aromatic rings. The van der Waals surface area contributed by atoms with Crippen molar-refractivity contribution in [3.05, 3.63) is 23.8 Å². The number of methoxy groups -OCH3 is 1. The third-order valence-electron chi connectivity index (χ3n) is 3.68. The van der Waals surface area contributed by atoms with E-state index in [0.717, 1.165) is 18.5 Å². The fraction of sp³-hybridized carbons (Fsp3) is 0.600. The Bertz CT molecular complexity index is 558. The first-order chi connectivity index (χ1) is 9.88. The Labute approximate surface area is 128 Å². The summed E-state index contributed by atoms with van der Waals surface area (Å²) in [7, 11) is -0.441. The van der Waals surface area contributed by atoms with E-state index in [-0.39, 0.29) is 10.9 Å². The predicted octanol–water partition coefficient (Wildman–Crippen LogP) is 2.22. The average Bonchev–Trinajstić information content (AvgIpc) is 2.50. The second kappa shape index (κ2) is 7.77. The van der Waals surface area contributed by atoms with Crippen molar-refractivity contribution in [2.75, 3.05) is 20.7 Å². The molecule has 0 aliphatic heterocycles. The molecule has 0 radical (unpaired) electrons. The molecule has 5 nitrogen and oxygen atoms in total. The van der Waals surface area contributed by atoms with Crippen molar-refractivity contribution in [1.29, 1.82) is 0 Å². The minimum Gasteiger partial charge on any atom is -0.495 e. The summed E-state index contributed by atoms with van der Waals surface area (Å²) in [6.45, 7) is 7.43. The normalized spacial score (nSPS) is 13.4. The standard InChI is InChI=1S/C15H26N2O3S/c1-6-12(3)17(4)21(18,19)15-9-8-13(11-16-7-2)10-14(15)20-5/h8-10,12,16H,6-7,11H2,1-5H3. The first-order valence-corrected chi connectivity index (χ1v) is 8.68. The van der Waals surface area contributed by atoms with Crippen LogP contribution in [-0.4, -0.2) is 39.5 Å². The molecule has 1 atom stereocenters. The smallest absolute Gasteiger partial charge is 0.246 e. The van der Waals surface area contributed by atoms with Crippen LogP contribution in [0.25, 0.3) is 0 Å². The van der Waals surface area contributed by atoms with Crippen LogP contribution in [0.4, 0.5) is 0 Å². The first kappa shape index (κ1) is 17.9. The van der Waals surface area contributed by atoms with Gasteiger partial charge in [-0.1, -0.05) is 19.9 Å². The molecule has 0 fully saturated rings. The third-order valence-corrected chi connectivity index (χ3v) is 5.69. The number of sulfonamides is 1. The van der Waals surface area contributed by atoms with E-state index < -0.39 is 10.0 Å². The van der Waals surface area contributed by atoms with E-state index in [1.54, 1.807) is 19.2 Å². The van der Waals surface area contributed by atoms with Crippen molar-refractivity contribution < 1.29 is 13.2 Å². The largest absolute Gasteiger partial charge is 0.495 e. The topological polar surface area (TPSA) is 58.6 Å². The number of hydrogen-bond acceptors (Lipinski definition) is 4. The summed E-state index contributed by atoms with van der Waals surface area (Å²) in [5, 5.41) is 3.21. The molecule has 0 aromatic heterocycles. The van der Waals surface area contributed by atoms with Crippen molar-refractivity contribution in [3.8, 4) is 5.75 Å². The number of hydrogen-bond donors (Lipinski definition) is 1. The second-order valence-corrected chi connectivity index (χ2v) is 7.01. The van der Waals surface area contributed by atoms with Crippen LogP contribution in [0.15, 0.2) is 23.1 Å². The van der Waals surface area contributed by atoms with Crippen LogP contribution < -0.4 is 10.1 Å². The first-order valence-electron chi connectivity index (χ1n) is 7.24. The molecule has 0 aliphatic rings. The Hall–Kier alpha value is -1.11. The average molecular weight is 314 g/mol. The van der Waals surface area contributed by atoms with Gasteiger partial charge in [0.1, 0.15) is 10.6 Å². The van der Waals surface area contributed by atoms with Gasteiger partial charge in [-0.25, -0.2) is 8.42 Å². The quantitative estimate of drug-likeness (QED) is 0.799. The fourth-order valence-electron chi connectivity index (χ4n) is 1.95. The summed E-state index contributed by atoms with van der Waals surface area (Å²) >= 11 is 0. The van der Waals surface area contributed by atoms with Crippen LogP contribution in [0.1, 0.15) is 32.8 Å². The van der Waals surface area contributed by atoms with Gasteiger partial charge in [0.05, 0.1) is 7.11 Å². The lowest BCUT2D eigenvalue weighted by molar-refractivity contribution is 0.371. The molecule has 0 saturated heterocycles. The van der Waals surface area contributed by atoms with E-state index in [9.17, 15) is 8.42 Å². The van der Waals surface area contributed by atoms with Crippen molar-refractivity contribution in [2.24, 2.45) is 0 Å². The maximum Gasteiger partial charge on any atom is 0.246 e. The zero-order valence-electron chi connectivity index (χ0n) is 13.5. The highest BCUT2D eigenvalue weighted by Crippen LogP contribution is 2.28. The van der Waals surface area contributed by atoms with Gasteiger partial charge in [0.15, 0.2) is 0 Å². The molecule has 6 heteroatoms. The van der Waals surface area contributed by atoms with Gasteiger partial charge in [-0.3, -0.25) is 0 Å². The lowest BCUT2D eigenvalue weighted by Crippen LogP contribution is -2.34. The van der Waals surface area contributed by atoms with Crippen LogP contribution in [0.2, 0.25) is 0 Å². The fourth-order valence-corrected chi connectivity index (χ4v) is 3.52. The maximum atomic E-state index is 12.7. The predicted molar refractivity (Wildman–Crippen MR) is 85.1 cm³/mol. The van der Waals surface area contributed by atoms with E-state index in [4.69, 9.17) is 4.74 Å². The highest BCUT2D eigenvalue weighted by molar-refractivity contribution is 7.89. The highest BCUT2D eigenvalue weighted by atomic mass is 32.2. The van der Waals surface area contributed by atoms with Gasteiger partial charge in [0, 0.05) is 19.6 Å². The molecule has 0 saturated carbocycles.